The van der Waals surface area contributed by atoms with Gasteiger partial charge in [0.2, 0.25) is 0 Å². The molecule has 0 amide bonds. The summed E-state index contributed by atoms with van der Waals surface area (Å²) in [5.41, 5.74) is 2.37. The van der Waals surface area contributed by atoms with Crippen LogP contribution in [0.2, 0.25) is 5.02 Å². The molecule has 1 N–H and O–H groups in total. The lowest BCUT2D eigenvalue weighted by molar-refractivity contribution is 0.275. The second kappa shape index (κ2) is 6.58. The van der Waals surface area contributed by atoms with Crippen LogP contribution in [0.25, 0.3) is 0 Å². The quantitative estimate of drug-likeness (QED) is 0.823. The summed E-state index contributed by atoms with van der Waals surface area (Å²) in [7, 11) is 2.01. The van der Waals surface area contributed by atoms with Crippen LogP contribution in [0.15, 0.2) is 0 Å². The average molecular weight is 272 g/mol. The van der Waals surface area contributed by atoms with Gasteiger partial charge in [0, 0.05) is 13.1 Å². The van der Waals surface area contributed by atoms with Gasteiger partial charge in [0.05, 0.1) is 16.4 Å². The molecular formula is C14H26ClN3. The van der Waals surface area contributed by atoms with Crippen molar-refractivity contribution in [2.24, 2.45) is 5.41 Å². The Hall–Kier alpha value is -0.540. The monoisotopic (exact) mass is 271 g/mol. The highest BCUT2D eigenvalue weighted by Gasteiger charge is 2.27. The Kier molecular flexibility index (Phi) is 5.67. The van der Waals surface area contributed by atoms with E-state index in [9.17, 15) is 0 Å². The minimum Gasteiger partial charge on any atom is -0.319 e. The Bertz CT molecular complexity index is 379. The number of nitrogens with one attached hydrogen (secondary N) is 1. The zero-order valence-corrected chi connectivity index (χ0v) is 13.1. The van der Waals surface area contributed by atoms with Crippen LogP contribution in [0.4, 0.5) is 0 Å². The minimum absolute atomic E-state index is 0.243. The first-order valence-electron chi connectivity index (χ1n) is 6.83. The van der Waals surface area contributed by atoms with Gasteiger partial charge in [-0.05, 0) is 39.2 Å². The lowest BCUT2D eigenvalue weighted by Crippen LogP contribution is -2.32. The molecule has 1 unspecified atom stereocenters. The average Bonchev–Trinajstić information content (AvgIpc) is 2.57. The van der Waals surface area contributed by atoms with Gasteiger partial charge in [-0.1, -0.05) is 31.9 Å². The van der Waals surface area contributed by atoms with Gasteiger partial charge in [-0.2, -0.15) is 5.10 Å². The number of rotatable bonds is 7. The van der Waals surface area contributed by atoms with E-state index < -0.39 is 0 Å². The van der Waals surface area contributed by atoms with Crippen molar-refractivity contribution in [1.82, 2.24) is 15.1 Å². The fraction of sp³-hybridized carbons (Fsp3) is 0.786. The van der Waals surface area contributed by atoms with Gasteiger partial charge in [-0.15, -0.1) is 0 Å². The van der Waals surface area contributed by atoms with Gasteiger partial charge < -0.3 is 5.32 Å². The van der Waals surface area contributed by atoms with Gasteiger partial charge in [0.25, 0.3) is 0 Å². The number of aryl methyl sites for hydroxylation is 2. The molecular weight excluding hydrogens is 246 g/mol. The maximum Gasteiger partial charge on any atom is 0.0847 e. The van der Waals surface area contributed by atoms with E-state index in [0.717, 1.165) is 30.2 Å². The van der Waals surface area contributed by atoms with Crippen molar-refractivity contribution in [2.45, 2.75) is 53.5 Å². The molecule has 18 heavy (non-hydrogen) atoms. The van der Waals surface area contributed by atoms with E-state index in [1.807, 2.05) is 18.7 Å². The van der Waals surface area contributed by atoms with Crippen LogP contribution in [-0.2, 0) is 13.0 Å². The SMILES string of the molecule is CCCC(C)(CNC)Cc1c(Cl)c(C)nn1CC. The highest BCUT2D eigenvalue weighted by molar-refractivity contribution is 6.31. The maximum atomic E-state index is 6.40. The van der Waals surface area contributed by atoms with Crippen molar-refractivity contribution >= 4 is 11.6 Å². The van der Waals surface area contributed by atoms with Crippen molar-refractivity contribution in [3.63, 3.8) is 0 Å². The number of halogens is 1. The Labute approximate surface area is 116 Å². The zero-order valence-electron chi connectivity index (χ0n) is 12.3. The largest absolute Gasteiger partial charge is 0.319 e. The van der Waals surface area contributed by atoms with E-state index in [-0.39, 0.29) is 5.41 Å². The molecule has 0 aliphatic heterocycles. The second-order valence-electron chi connectivity index (χ2n) is 5.43. The summed E-state index contributed by atoms with van der Waals surface area (Å²) in [4.78, 5) is 0. The molecule has 104 valence electrons. The summed E-state index contributed by atoms with van der Waals surface area (Å²) in [5.74, 6) is 0. The molecule has 0 radical (unpaired) electrons. The number of hydrogen-bond acceptors (Lipinski definition) is 2. The first-order valence-corrected chi connectivity index (χ1v) is 7.21. The molecule has 1 heterocycles. The van der Waals surface area contributed by atoms with Crippen LogP contribution >= 0.6 is 11.6 Å². The Morgan fingerprint density at radius 2 is 2.06 bits per heavy atom. The van der Waals surface area contributed by atoms with Crippen molar-refractivity contribution < 1.29 is 0 Å². The maximum absolute atomic E-state index is 6.40. The number of hydrogen-bond donors (Lipinski definition) is 1. The van der Waals surface area contributed by atoms with E-state index in [2.05, 4.69) is 31.2 Å². The molecule has 1 aromatic heterocycles. The zero-order chi connectivity index (χ0) is 13.8. The highest BCUT2D eigenvalue weighted by Crippen LogP contribution is 2.31. The topological polar surface area (TPSA) is 29.9 Å². The Morgan fingerprint density at radius 3 is 2.56 bits per heavy atom. The van der Waals surface area contributed by atoms with Crippen molar-refractivity contribution in [1.29, 1.82) is 0 Å². The first-order chi connectivity index (χ1) is 8.47. The van der Waals surface area contributed by atoms with E-state index in [4.69, 9.17) is 11.6 Å². The summed E-state index contributed by atoms with van der Waals surface area (Å²) in [6, 6.07) is 0. The molecule has 0 saturated heterocycles. The van der Waals surface area contributed by atoms with Gasteiger partial charge in [0.15, 0.2) is 0 Å². The van der Waals surface area contributed by atoms with Crippen LogP contribution < -0.4 is 5.32 Å². The van der Waals surface area contributed by atoms with Crippen LogP contribution in [0.3, 0.4) is 0 Å². The summed E-state index contributed by atoms with van der Waals surface area (Å²) in [6.45, 7) is 10.5. The Morgan fingerprint density at radius 1 is 1.39 bits per heavy atom. The molecule has 4 heteroatoms. The van der Waals surface area contributed by atoms with Crippen LogP contribution in [0, 0.1) is 12.3 Å². The van der Waals surface area contributed by atoms with Crippen molar-refractivity contribution in [3.8, 4) is 0 Å². The highest BCUT2D eigenvalue weighted by atomic mass is 35.5. The summed E-state index contributed by atoms with van der Waals surface area (Å²) in [5, 5.41) is 8.64. The molecule has 1 rings (SSSR count). The molecule has 0 aromatic carbocycles. The standard InChI is InChI=1S/C14H26ClN3/c1-6-8-14(4,10-16-5)9-12-13(15)11(3)17-18(12)7-2/h16H,6-10H2,1-5H3. The number of aromatic nitrogens is 2. The molecule has 1 atom stereocenters. The van der Waals surface area contributed by atoms with Crippen LogP contribution in [0.1, 0.15) is 45.0 Å². The minimum atomic E-state index is 0.243. The molecule has 0 spiro atoms. The number of nitrogens with zero attached hydrogens (tertiary/aromatic N) is 2. The van der Waals surface area contributed by atoms with Gasteiger partial charge in [-0.3, -0.25) is 4.68 Å². The predicted molar refractivity (Wildman–Crippen MR) is 78.3 cm³/mol. The molecule has 0 aliphatic rings. The third-order valence-corrected chi connectivity index (χ3v) is 4.00. The smallest absolute Gasteiger partial charge is 0.0847 e. The molecule has 0 saturated carbocycles. The first kappa shape index (κ1) is 15.5. The fourth-order valence-electron chi connectivity index (χ4n) is 2.71. The lowest BCUT2D eigenvalue weighted by atomic mass is 9.81. The fourth-order valence-corrected chi connectivity index (χ4v) is 2.91. The third kappa shape index (κ3) is 3.48. The van der Waals surface area contributed by atoms with Crippen molar-refractivity contribution in [2.75, 3.05) is 13.6 Å². The summed E-state index contributed by atoms with van der Waals surface area (Å²) in [6.07, 6.45) is 3.36. The van der Waals surface area contributed by atoms with Gasteiger partial charge in [0.1, 0.15) is 0 Å². The summed E-state index contributed by atoms with van der Waals surface area (Å²) >= 11 is 6.40. The molecule has 0 aliphatic carbocycles. The predicted octanol–water partition coefficient (Wildman–Crippen LogP) is 3.43. The lowest BCUT2D eigenvalue weighted by Gasteiger charge is -2.29. The third-order valence-electron chi connectivity index (χ3n) is 3.50. The van der Waals surface area contributed by atoms with Gasteiger partial charge in [-0.25, -0.2) is 0 Å². The van der Waals surface area contributed by atoms with E-state index >= 15 is 0 Å². The second-order valence-corrected chi connectivity index (χ2v) is 5.81. The summed E-state index contributed by atoms with van der Waals surface area (Å²) < 4.78 is 2.04. The van der Waals surface area contributed by atoms with E-state index in [1.165, 1.54) is 18.5 Å². The van der Waals surface area contributed by atoms with E-state index in [1.54, 1.807) is 0 Å². The molecule has 0 bridgehead atoms. The molecule has 1 aromatic rings. The normalized spacial score (nSPS) is 14.8. The van der Waals surface area contributed by atoms with E-state index in [0.29, 0.717) is 0 Å². The van der Waals surface area contributed by atoms with Crippen LogP contribution in [0.5, 0.6) is 0 Å². The molecule has 0 fully saturated rings. The van der Waals surface area contributed by atoms with Gasteiger partial charge >= 0.3 is 0 Å². The van der Waals surface area contributed by atoms with Crippen molar-refractivity contribution in [3.05, 3.63) is 16.4 Å². The van der Waals surface area contributed by atoms with Crippen LogP contribution in [-0.4, -0.2) is 23.4 Å². The Balaban J connectivity index is 2.99. The molecule has 3 nitrogen and oxygen atoms in total.